The molecule has 2 aliphatic heterocycles. The minimum absolute atomic E-state index is 0.140. The summed E-state index contributed by atoms with van der Waals surface area (Å²) in [6, 6.07) is 34.5. The molecular formula is C40H42N6O4. The number of carbonyl (C=O) groups is 2. The van der Waals surface area contributed by atoms with Crippen molar-refractivity contribution in [3.63, 3.8) is 0 Å². The maximum Gasteiger partial charge on any atom is 0.321 e. The molecule has 10 nitrogen and oxygen atoms in total. The summed E-state index contributed by atoms with van der Waals surface area (Å²) in [4.78, 5) is 39.3. The number of nitrogens with zero attached hydrogens (tertiary/aromatic N) is 3. The Kier molecular flexibility index (Phi) is 9.38. The second-order valence-electron chi connectivity index (χ2n) is 13.5. The first-order chi connectivity index (χ1) is 24.2. The fourth-order valence-electron chi connectivity index (χ4n) is 7.16. The molecule has 10 heteroatoms. The number of benzene rings is 4. The molecule has 4 N–H and O–H groups in total. The van der Waals surface area contributed by atoms with Crippen LogP contribution in [0.4, 0.5) is 16.4 Å². The number of nitrogens with one attached hydrogen (secondary N) is 2. The maximum atomic E-state index is 15.3. The van der Waals surface area contributed by atoms with Gasteiger partial charge in [-0.1, -0.05) is 84.9 Å². The van der Waals surface area contributed by atoms with Crippen molar-refractivity contribution in [2.45, 2.75) is 69.9 Å². The Labute approximate surface area is 292 Å². The van der Waals surface area contributed by atoms with Crippen LogP contribution < -0.4 is 11.1 Å². The van der Waals surface area contributed by atoms with Gasteiger partial charge in [0.1, 0.15) is 12.2 Å². The largest absolute Gasteiger partial charge is 0.399 e. The number of fused-ring (bicyclic) bond motifs is 1. The highest BCUT2D eigenvalue weighted by molar-refractivity contribution is 6.03. The molecule has 2 fully saturated rings. The molecule has 0 saturated carbocycles. The monoisotopic (exact) mass is 670 g/mol. The smallest absolute Gasteiger partial charge is 0.321 e. The van der Waals surface area contributed by atoms with Crippen molar-refractivity contribution in [1.29, 1.82) is 0 Å². The lowest BCUT2D eigenvalue weighted by atomic mass is 9.91. The molecule has 256 valence electrons. The van der Waals surface area contributed by atoms with Gasteiger partial charge in [-0.05, 0) is 73.2 Å². The predicted octanol–water partition coefficient (Wildman–Crippen LogP) is 6.42. The van der Waals surface area contributed by atoms with Crippen LogP contribution in [-0.4, -0.2) is 61.8 Å². The molecule has 3 amide bonds. The second kappa shape index (κ2) is 14.2. The number of nitrogens with two attached hydrogens (primary N) is 1. The van der Waals surface area contributed by atoms with E-state index in [2.05, 4.69) is 39.6 Å². The molecule has 3 heterocycles. The quantitative estimate of drug-likeness (QED) is 0.147. The average Bonchev–Trinajstić information content (AvgIpc) is 3.73. The molecule has 4 atom stereocenters. The van der Waals surface area contributed by atoms with E-state index in [0.29, 0.717) is 36.6 Å². The number of ether oxygens (including phenoxy) is 2. The van der Waals surface area contributed by atoms with Crippen LogP contribution in [-0.2, 0) is 35.4 Å². The Morgan fingerprint density at radius 3 is 1.86 bits per heavy atom. The van der Waals surface area contributed by atoms with Crippen LogP contribution in [0.15, 0.2) is 122 Å². The third-order valence-electron chi connectivity index (χ3n) is 9.37. The van der Waals surface area contributed by atoms with Crippen LogP contribution in [0, 0.1) is 0 Å². The summed E-state index contributed by atoms with van der Waals surface area (Å²) < 4.78 is 13.6. The van der Waals surface area contributed by atoms with E-state index in [1.54, 1.807) is 18.5 Å². The highest BCUT2D eigenvalue weighted by Gasteiger charge is 2.55. The first-order valence-corrected chi connectivity index (χ1v) is 17.0. The van der Waals surface area contributed by atoms with Gasteiger partial charge in [0.05, 0.1) is 12.1 Å². The van der Waals surface area contributed by atoms with Gasteiger partial charge < -0.3 is 30.0 Å². The van der Waals surface area contributed by atoms with Crippen LogP contribution in [0.25, 0.3) is 0 Å². The molecule has 0 bridgehead atoms. The average molecular weight is 671 g/mol. The zero-order chi connectivity index (χ0) is 34.7. The molecule has 0 aliphatic carbocycles. The summed E-state index contributed by atoms with van der Waals surface area (Å²) in [6.07, 6.45) is 3.47. The normalized spacial score (nSPS) is 21.4. The first-order valence-electron chi connectivity index (χ1n) is 17.0. The van der Waals surface area contributed by atoms with Crippen molar-refractivity contribution in [3.8, 4) is 0 Å². The van der Waals surface area contributed by atoms with Crippen LogP contribution in [0.3, 0.4) is 0 Å². The molecule has 0 unspecified atom stereocenters. The fourth-order valence-corrected chi connectivity index (χ4v) is 7.16. The van der Waals surface area contributed by atoms with E-state index in [0.717, 1.165) is 22.3 Å². The van der Waals surface area contributed by atoms with E-state index < -0.39 is 18.0 Å². The molecule has 0 spiro atoms. The Balaban J connectivity index is 1.32. The number of anilines is 2. The number of amides is 3. The van der Waals surface area contributed by atoms with Gasteiger partial charge in [0.15, 0.2) is 5.79 Å². The summed E-state index contributed by atoms with van der Waals surface area (Å²) in [5, 5.41) is 2.80. The van der Waals surface area contributed by atoms with Gasteiger partial charge in [-0.2, -0.15) is 0 Å². The Bertz CT molecular complexity index is 1920. The minimum Gasteiger partial charge on any atom is -0.399 e. The Morgan fingerprint density at radius 2 is 1.32 bits per heavy atom. The van der Waals surface area contributed by atoms with Crippen molar-refractivity contribution < 1.29 is 19.1 Å². The lowest BCUT2D eigenvalue weighted by molar-refractivity contribution is -0.157. The van der Waals surface area contributed by atoms with Crippen molar-refractivity contribution in [2.75, 3.05) is 11.1 Å². The van der Waals surface area contributed by atoms with Gasteiger partial charge in [-0.15, -0.1) is 0 Å². The number of aromatic nitrogens is 2. The van der Waals surface area contributed by atoms with Gasteiger partial charge >= 0.3 is 6.03 Å². The summed E-state index contributed by atoms with van der Waals surface area (Å²) in [5.74, 6) is -0.817. The van der Waals surface area contributed by atoms with Gasteiger partial charge in [-0.25, -0.2) is 9.78 Å². The molecule has 4 aromatic carbocycles. The number of urea groups is 1. The summed E-state index contributed by atoms with van der Waals surface area (Å²) in [7, 11) is 0. The van der Waals surface area contributed by atoms with Gasteiger partial charge in [-0.3, -0.25) is 10.1 Å². The number of aromatic amines is 1. The maximum absolute atomic E-state index is 15.3. The zero-order valence-corrected chi connectivity index (χ0v) is 28.2. The van der Waals surface area contributed by atoms with E-state index in [4.69, 9.17) is 15.2 Å². The predicted molar refractivity (Wildman–Crippen MR) is 192 cm³/mol. The molecule has 1 aromatic heterocycles. The van der Waals surface area contributed by atoms with Crippen molar-refractivity contribution in [2.24, 2.45) is 0 Å². The van der Waals surface area contributed by atoms with Gasteiger partial charge in [0, 0.05) is 36.7 Å². The number of H-pyrrole nitrogens is 1. The van der Waals surface area contributed by atoms with Crippen molar-refractivity contribution >= 4 is 23.6 Å². The number of hydrogen-bond donors (Lipinski definition) is 3. The first kappa shape index (κ1) is 33.1. The fraction of sp³-hybridized carbons (Fsp3) is 0.275. The van der Waals surface area contributed by atoms with Crippen LogP contribution in [0.1, 0.15) is 46.5 Å². The molecule has 7 rings (SSSR count). The number of nitrogen functional groups attached to an aromatic ring is 1. The summed E-state index contributed by atoms with van der Waals surface area (Å²) in [6.45, 7) is 4.46. The van der Waals surface area contributed by atoms with E-state index in [-0.39, 0.29) is 30.6 Å². The lowest BCUT2D eigenvalue weighted by Gasteiger charge is -2.37. The van der Waals surface area contributed by atoms with Crippen molar-refractivity contribution in [1.82, 2.24) is 19.8 Å². The van der Waals surface area contributed by atoms with Crippen LogP contribution in [0.2, 0.25) is 0 Å². The molecule has 0 radical (unpaired) electrons. The Hall–Kier alpha value is -5.45. The van der Waals surface area contributed by atoms with Crippen molar-refractivity contribution in [3.05, 3.63) is 149 Å². The summed E-state index contributed by atoms with van der Waals surface area (Å²) in [5.41, 5.74) is 11.2. The van der Waals surface area contributed by atoms with Gasteiger partial charge in [0.25, 0.3) is 5.91 Å². The molecule has 50 heavy (non-hydrogen) atoms. The number of imidazole rings is 1. The number of rotatable bonds is 10. The summed E-state index contributed by atoms with van der Waals surface area (Å²) >= 11 is 0. The lowest BCUT2D eigenvalue weighted by Crippen LogP contribution is -2.51. The standard InChI is InChI=1S/C40H42N6O4/c1-40(2)49-35-33(23-27-11-5-3-6-12-27)45(25-29-15-9-17-31(21-29)37(47)44-38-42-19-20-43-38)39(48)46(26-30-16-10-18-32(41)22-30)34(36(35)50-40)24-28-13-7-4-8-14-28/h3-22,33-36H,23-26,41H2,1-2H3,(H2,42,43,44,47)/t33-,34-,35+,36+/m1/s1. The van der Waals surface area contributed by atoms with E-state index in [1.807, 2.05) is 103 Å². The minimum atomic E-state index is -0.877. The molecule has 2 saturated heterocycles. The van der Waals surface area contributed by atoms with E-state index >= 15 is 4.79 Å². The SMILES string of the molecule is CC1(C)O[C@@H]2[C@@H](O1)[C@@H](Cc1ccccc1)N(Cc1cccc(C(=O)Nc3ncc[nH]3)c1)C(=O)N(Cc1cccc(N)c1)[C@@H]2Cc1ccccc1. The van der Waals surface area contributed by atoms with Crippen LogP contribution >= 0.6 is 0 Å². The molecule has 2 aliphatic rings. The van der Waals surface area contributed by atoms with E-state index in [9.17, 15) is 4.79 Å². The van der Waals surface area contributed by atoms with Crippen LogP contribution in [0.5, 0.6) is 0 Å². The van der Waals surface area contributed by atoms with E-state index in [1.165, 1.54) is 0 Å². The molecular weight excluding hydrogens is 628 g/mol. The second-order valence-corrected chi connectivity index (χ2v) is 13.5. The number of carbonyl (C=O) groups excluding carboxylic acids is 2. The third-order valence-corrected chi connectivity index (χ3v) is 9.37. The highest BCUT2D eigenvalue weighted by atomic mass is 16.8. The highest BCUT2D eigenvalue weighted by Crippen LogP contribution is 2.40. The molecule has 5 aromatic rings. The van der Waals surface area contributed by atoms with Gasteiger partial charge in [0.2, 0.25) is 5.95 Å². The third kappa shape index (κ3) is 7.41. The Morgan fingerprint density at radius 1 is 0.780 bits per heavy atom. The number of hydrogen-bond acceptors (Lipinski definition) is 6. The topological polar surface area (TPSA) is 126 Å². The zero-order valence-electron chi connectivity index (χ0n) is 28.2.